The number of rotatable bonds is 6. The maximum absolute atomic E-state index is 12.2. The van der Waals surface area contributed by atoms with Crippen molar-refractivity contribution in [3.05, 3.63) is 69.1 Å². The third-order valence-electron chi connectivity index (χ3n) is 4.12. The maximum Gasteiger partial charge on any atom is 0.220 e. The number of carbonyl (C=O) groups is 1. The van der Waals surface area contributed by atoms with E-state index in [1.165, 1.54) is 11.3 Å². The lowest BCUT2D eigenvalue weighted by molar-refractivity contribution is -0.121. The van der Waals surface area contributed by atoms with E-state index in [0.29, 0.717) is 12.8 Å². The van der Waals surface area contributed by atoms with Crippen LogP contribution in [0.5, 0.6) is 0 Å². The van der Waals surface area contributed by atoms with Crippen molar-refractivity contribution in [3.8, 4) is 5.69 Å². The third-order valence-corrected chi connectivity index (χ3v) is 5.41. The second-order valence-corrected chi connectivity index (χ2v) is 7.73. The number of thiophene rings is 1. The molecule has 0 aliphatic heterocycles. The molecule has 1 N–H and O–H groups in total. The van der Waals surface area contributed by atoms with Crippen LogP contribution < -0.4 is 5.32 Å². The Balaban J connectivity index is 1.62. The fourth-order valence-corrected chi connectivity index (χ4v) is 3.88. The number of carbonyl (C=O) groups excluding carboxylic acids is 1. The van der Waals surface area contributed by atoms with Crippen LogP contribution in [0.2, 0.25) is 4.34 Å². The number of aromatic nitrogens is 2. The minimum Gasteiger partial charge on any atom is -0.349 e. The Morgan fingerprint density at radius 1 is 1.28 bits per heavy atom. The first kappa shape index (κ1) is 17.7. The second-order valence-electron chi connectivity index (χ2n) is 5.93. The molecule has 130 valence electrons. The lowest BCUT2D eigenvalue weighted by Gasteiger charge is -2.14. The molecule has 1 aromatic carbocycles. The highest BCUT2D eigenvalue weighted by molar-refractivity contribution is 7.16. The normalized spacial score (nSPS) is 12.1. The van der Waals surface area contributed by atoms with Crippen LogP contribution >= 0.6 is 22.9 Å². The van der Waals surface area contributed by atoms with E-state index in [1.54, 1.807) is 0 Å². The van der Waals surface area contributed by atoms with Gasteiger partial charge in [0.05, 0.1) is 22.3 Å². The predicted octanol–water partition coefficient (Wildman–Crippen LogP) is 4.71. The molecule has 0 spiro atoms. The summed E-state index contributed by atoms with van der Waals surface area (Å²) >= 11 is 7.44. The van der Waals surface area contributed by atoms with Crippen LogP contribution in [0, 0.1) is 6.92 Å². The lowest BCUT2D eigenvalue weighted by atomic mass is 10.1. The van der Waals surface area contributed by atoms with Gasteiger partial charge in [-0.2, -0.15) is 5.10 Å². The Bertz CT molecular complexity index is 857. The van der Waals surface area contributed by atoms with Crippen LogP contribution in [0.4, 0.5) is 0 Å². The second kappa shape index (κ2) is 7.85. The zero-order valence-corrected chi connectivity index (χ0v) is 15.8. The summed E-state index contributed by atoms with van der Waals surface area (Å²) in [6.45, 7) is 4.00. The molecular formula is C19H20ClN3OS. The number of para-hydroxylation sites is 1. The number of hydrogen-bond donors (Lipinski definition) is 1. The number of hydrogen-bond acceptors (Lipinski definition) is 3. The number of nitrogens with one attached hydrogen (secondary N) is 1. The molecule has 3 aromatic rings. The number of halogens is 1. The molecule has 0 aliphatic rings. The Labute approximate surface area is 156 Å². The van der Waals surface area contributed by atoms with E-state index in [2.05, 4.69) is 10.4 Å². The smallest absolute Gasteiger partial charge is 0.220 e. The summed E-state index contributed by atoms with van der Waals surface area (Å²) < 4.78 is 2.65. The summed E-state index contributed by atoms with van der Waals surface area (Å²) in [7, 11) is 0. The third kappa shape index (κ3) is 4.30. The van der Waals surface area contributed by atoms with E-state index in [-0.39, 0.29) is 11.9 Å². The summed E-state index contributed by atoms with van der Waals surface area (Å²) in [5.74, 6) is 0.0314. The molecule has 2 aromatic heterocycles. The van der Waals surface area contributed by atoms with Crippen LogP contribution in [0.25, 0.3) is 5.69 Å². The minimum atomic E-state index is -0.0862. The van der Waals surface area contributed by atoms with E-state index in [1.807, 2.05) is 67.2 Å². The topological polar surface area (TPSA) is 46.9 Å². The highest BCUT2D eigenvalue weighted by atomic mass is 35.5. The van der Waals surface area contributed by atoms with Crippen molar-refractivity contribution in [1.29, 1.82) is 0 Å². The van der Waals surface area contributed by atoms with Crippen molar-refractivity contribution in [3.63, 3.8) is 0 Å². The standard InChI is InChI=1S/C19H20ClN3OS/c1-13(22-19(24)11-9-16-8-10-18(20)25-16)17-12-21-23(14(17)2)15-6-4-3-5-7-15/h3-8,10,12-13H,9,11H2,1-2H3,(H,22,24). The van der Waals surface area contributed by atoms with Gasteiger partial charge in [0.25, 0.3) is 0 Å². The first-order chi connectivity index (χ1) is 12.0. The van der Waals surface area contributed by atoms with Crippen LogP contribution in [0.15, 0.2) is 48.7 Å². The summed E-state index contributed by atoms with van der Waals surface area (Å²) in [5, 5.41) is 7.52. The van der Waals surface area contributed by atoms with Crippen molar-refractivity contribution < 1.29 is 4.79 Å². The Kier molecular flexibility index (Phi) is 5.56. The number of nitrogens with zero attached hydrogens (tertiary/aromatic N) is 2. The molecular weight excluding hydrogens is 354 g/mol. The van der Waals surface area contributed by atoms with Gasteiger partial charge in [0.1, 0.15) is 0 Å². The SMILES string of the molecule is Cc1c(C(C)NC(=O)CCc2ccc(Cl)s2)cnn1-c1ccccc1. The van der Waals surface area contributed by atoms with Gasteiger partial charge in [-0.25, -0.2) is 4.68 Å². The molecule has 0 radical (unpaired) electrons. The molecule has 4 nitrogen and oxygen atoms in total. The molecule has 0 fully saturated rings. The van der Waals surface area contributed by atoms with Gasteiger partial charge >= 0.3 is 0 Å². The maximum atomic E-state index is 12.2. The van der Waals surface area contributed by atoms with E-state index >= 15 is 0 Å². The van der Waals surface area contributed by atoms with Gasteiger partial charge in [0.15, 0.2) is 0 Å². The average molecular weight is 374 g/mol. The van der Waals surface area contributed by atoms with E-state index < -0.39 is 0 Å². The van der Waals surface area contributed by atoms with Gasteiger partial charge in [-0.15, -0.1) is 11.3 Å². The molecule has 1 unspecified atom stereocenters. The van der Waals surface area contributed by atoms with E-state index in [4.69, 9.17) is 11.6 Å². The summed E-state index contributed by atoms with van der Waals surface area (Å²) in [6.07, 6.45) is 2.98. The van der Waals surface area contributed by atoms with E-state index in [9.17, 15) is 4.79 Å². The van der Waals surface area contributed by atoms with Crippen LogP contribution in [0.1, 0.15) is 35.5 Å². The van der Waals surface area contributed by atoms with Crippen LogP contribution in [0.3, 0.4) is 0 Å². The van der Waals surface area contributed by atoms with Crippen molar-refractivity contribution in [2.24, 2.45) is 0 Å². The van der Waals surface area contributed by atoms with E-state index in [0.717, 1.165) is 26.2 Å². The highest BCUT2D eigenvalue weighted by Gasteiger charge is 2.16. The summed E-state index contributed by atoms with van der Waals surface area (Å²) in [5.41, 5.74) is 3.07. The predicted molar refractivity (Wildman–Crippen MR) is 103 cm³/mol. The molecule has 1 atom stereocenters. The van der Waals surface area contributed by atoms with Gasteiger partial charge < -0.3 is 5.32 Å². The molecule has 0 aliphatic carbocycles. The Morgan fingerprint density at radius 2 is 2.04 bits per heavy atom. The largest absolute Gasteiger partial charge is 0.349 e. The van der Waals surface area contributed by atoms with Crippen molar-refractivity contribution in [2.75, 3.05) is 0 Å². The van der Waals surface area contributed by atoms with Crippen molar-refractivity contribution >= 4 is 28.8 Å². The quantitative estimate of drug-likeness (QED) is 0.680. The first-order valence-electron chi connectivity index (χ1n) is 8.18. The zero-order valence-electron chi connectivity index (χ0n) is 14.2. The van der Waals surface area contributed by atoms with Crippen LogP contribution in [-0.2, 0) is 11.2 Å². The molecule has 0 saturated carbocycles. The molecule has 3 rings (SSSR count). The monoisotopic (exact) mass is 373 g/mol. The summed E-state index contributed by atoms with van der Waals surface area (Å²) in [6, 6.07) is 13.7. The Morgan fingerprint density at radius 3 is 2.72 bits per heavy atom. The molecule has 25 heavy (non-hydrogen) atoms. The first-order valence-corrected chi connectivity index (χ1v) is 9.37. The summed E-state index contributed by atoms with van der Waals surface area (Å²) in [4.78, 5) is 13.4. The van der Waals surface area contributed by atoms with Gasteiger partial charge in [-0.3, -0.25) is 4.79 Å². The van der Waals surface area contributed by atoms with Gasteiger partial charge in [0.2, 0.25) is 5.91 Å². The van der Waals surface area contributed by atoms with Crippen molar-refractivity contribution in [2.45, 2.75) is 32.7 Å². The average Bonchev–Trinajstić information content (AvgIpc) is 3.19. The van der Waals surface area contributed by atoms with Gasteiger partial charge in [-0.1, -0.05) is 29.8 Å². The highest BCUT2D eigenvalue weighted by Crippen LogP contribution is 2.23. The number of amides is 1. The fourth-order valence-electron chi connectivity index (χ4n) is 2.79. The molecule has 0 saturated heterocycles. The number of aryl methyl sites for hydroxylation is 1. The molecule has 2 heterocycles. The molecule has 1 amide bonds. The Hall–Kier alpha value is -2.11. The fraction of sp³-hybridized carbons (Fsp3) is 0.263. The molecule has 0 bridgehead atoms. The zero-order chi connectivity index (χ0) is 17.8. The lowest BCUT2D eigenvalue weighted by Crippen LogP contribution is -2.27. The number of benzene rings is 1. The minimum absolute atomic E-state index is 0.0314. The van der Waals surface area contributed by atoms with Gasteiger partial charge in [0, 0.05) is 22.6 Å². The van der Waals surface area contributed by atoms with Gasteiger partial charge in [-0.05, 0) is 44.5 Å². The van der Waals surface area contributed by atoms with Crippen molar-refractivity contribution in [1.82, 2.24) is 15.1 Å². The van der Waals surface area contributed by atoms with Crippen LogP contribution in [-0.4, -0.2) is 15.7 Å². The molecule has 6 heteroatoms.